The Balaban J connectivity index is 2.75. The molecule has 1 rings (SSSR count). The molecule has 0 amide bonds. The van der Waals surface area contributed by atoms with E-state index in [0.29, 0.717) is 6.54 Å². The maximum absolute atomic E-state index is 5.79. The number of nitrogens with one attached hydrogen (secondary N) is 2. The van der Waals surface area contributed by atoms with Gasteiger partial charge in [-0.2, -0.15) is 0 Å². The van der Waals surface area contributed by atoms with Crippen LogP contribution in [0.4, 0.5) is 5.69 Å². The number of para-hydroxylation sites is 1. The summed E-state index contributed by atoms with van der Waals surface area (Å²) in [6.45, 7) is 13.0. The molecule has 0 atom stereocenters. The van der Waals surface area contributed by atoms with Crippen LogP contribution in [-0.4, -0.2) is 25.6 Å². The number of benzene rings is 1. The van der Waals surface area contributed by atoms with Gasteiger partial charge >= 0.3 is 0 Å². The molecule has 0 aliphatic carbocycles. The van der Waals surface area contributed by atoms with Gasteiger partial charge in [-0.3, -0.25) is 4.99 Å². The Labute approximate surface area is 129 Å². The van der Waals surface area contributed by atoms with Crippen molar-refractivity contribution < 1.29 is 0 Å². The van der Waals surface area contributed by atoms with E-state index in [-0.39, 0.29) is 10.8 Å². The molecule has 0 radical (unpaired) electrons. The Morgan fingerprint density at radius 2 is 1.71 bits per heavy atom. The van der Waals surface area contributed by atoms with Gasteiger partial charge in [0.1, 0.15) is 0 Å². The van der Waals surface area contributed by atoms with Crippen molar-refractivity contribution in [1.29, 1.82) is 0 Å². The lowest BCUT2D eigenvalue weighted by molar-refractivity contribution is 0.375. The van der Waals surface area contributed by atoms with Gasteiger partial charge in [0, 0.05) is 18.8 Å². The van der Waals surface area contributed by atoms with Crippen LogP contribution in [0.25, 0.3) is 0 Å². The second kappa shape index (κ2) is 7.46. The summed E-state index contributed by atoms with van der Waals surface area (Å²) in [5.74, 6) is 0.803. The maximum Gasteiger partial charge on any atom is 0.195 e. The smallest absolute Gasteiger partial charge is 0.195 e. The number of rotatable bonds is 5. The summed E-state index contributed by atoms with van der Waals surface area (Å²) in [6.07, 6.45) is 0. The first-order chi connectivity index (χ1) is 9.72. The zero-order valence-electron chi connectivity index (χ0n) is 14.0. The molecule has 4 heteroatoms. The quantitative estimate of drug-likeness (QED) is 0.577. The summed E-state index contributed by atoms with van der Waals surface area (Å²) in [7, 11) is 0. The molecule has 0 saturated carbocycles. The molecule has 0 heterocycles. The molecule has 0 unspecified atom stereocenters. The number of hydrogen-bond donors (Lipinski definition) is 3. The summed E-state index contributed by atoms with van der Waals surface area (Å²) < 4.78 is 0. The second-order valence-electron chi connectivity index (χ2n) is 7.44. The molecule has 1 aromatic carbocycles. The van der Waals surface area contributed by atoms with Crippen molar-refractivity contribution in [3.8, 4) is 0 Å². The number of nitrogens with zero attached hydrogens (tertiary/aromatic N) is 1. The Bertz CT molecular complexity index is 444. The van der Waals surface area contributed by atoms with Gasteiger partial charge in [-0.15, -0.1) is 0 Å². The number of guanidine groups is 1. The summed E-state index contributed by atoms with van der Waals surface area (Å²) >= 11 is 0. The van der Waals surface area contributed by atoms with Gasteiger partial charge in [-0.25, -0.2) is 0 Å². The number of hydrogen-bond acceptors (Lipinski definition) is 2. The lowest BCUT2D eigenvalue weighted by atomic mass is 9.94. The molecule has 118 valence electrons. The summed E-state index contributed by atoms with van der Waals surface area (Å²) in [6, 6.07) is 10.1. The zero-order valence-corrected chi connectivity index (χ0v) is 14.0. The van der Waals surface area contributed by atoms with Crippen LogP contribution in [0.1, 0.15) is 34.6 Å². The standard InChI is InChI=1S/C17H30N4/c1-16(2,3)12-19-15(20-13-17(4,5)11-18)21-14-9-7-6-8-10-14/h6-10H,11-13,18H2,1-5H3,(H2,19,20,21). The highest BCUT2D eigenvalue weighted by atomic mass is 15.2. The van der Waals surface area contributed by atoms with Crippen molar-refractivity contribution in [2.24, 2.45) is 21.6 Å². The zero-order chi connectivity index (χ0) is 15.9. The molecule has 0 saturated heterocycles. The molecule has 0 aliphatic heterocycles. The first-order valence-corrected chi connectivity index (χ1v) is 7.52. The minimum absolute atomic E-state index is 0.0425. The van der Waals surface area contributed by atoms with Crippen LogP contribution in [0.5, 0.6) is 0 Å². The predicted octanol–water partition coefficient (Wildman–Crippen LogP) is 3.08. The van der Waals surface area contributed by atoms with Gasteiger partial charge in [-0.1, -0.05) is 52.8 Å². The van der Waals surface area contributed by atoms with Crippen LogP contribution >= 0.6 is 0 Å². The molecule has 0 bridgehead atoms. The molecule has 0 aromatic heterocycles. The molecule has 21 heavy (non-hydrogen) atoms. The van der Waals surface area contributed by atoms with E-state index in [2.05, 4.69) is 50.2 Å². The van der Waals surface area contributed by atoms with E-state index >= 15 is 0 Å². The van der Waals surface area contributed by atoms with Crippen LogP contribution in [0.3, 0.4) is 0 Å². The van der Waals surface area contributed by atoms with Crippen LogP contribution < -0.4 is 16.4 Å². The van der Waals surface area contributed by atoms with Crippen LogP contribution in [0, 0.1) is 10.8 Å². The molecule has 1 aromatic rings. The van der Waals surface area contributed by atoms with Crippen LogP contribution in [0.2, 0.25) is 0 Å². The molecular formula is C17H30N4. The van der Waals surface area contributed by atoms with Gasteiger partial charge < -0.3 is 16.4 Å². The Kier molecular flexibility index (Phi) is 6.21. The summed E-state index contributed by atoms with van der Waals surface area (Å²) in [5.41, 5.74) is 7.02. The van der Waals surface area contributed by atoms with E-state index in [1.54, 1.807) is 0 Å². The third-order valence-corrected chi connectivity index (χ3v) is 3.04. The fourth-order valence-electron chi connectivity index (χ4n) is 1.51. The molecule has 0 spiro atoms. The summed E-state index contributed by atoms with van der Waals surface area (Å²) in [4.78, 5) is 4.68. The number of nitrogens with two attached hydrogens (primary N) is 1. The Hall–Kier alpha value is -1.55. The molecule has 4 N–H and O–H groups in total. The van der Waals surface area contributed by atoms with E-state index in [9.17, 15) is 0 Å². The van der Waals surface area contributed by atoms with Crippen molar-refractivity contribution in [2.45, 2.75) is 34.6 Å². The van der Waals surface area contributed by atoms with Gasteiger partial charge in [0.05, 0.1) is 0 Å². The second-order valence-corrected chi connectivity index (χ2v) is 7.44. The average Bonchev–Trinajstić information content (AvgIpc) is 2.42. The molecule has 0 fully saturated rings. The van der Waals surface area contributed by atoms with E-state index in [1.807, 2.05) is 30.3 Å². The summed E-state index contributed by atoms with van der Waals surface area (Å²) in [5, 5.41) is 6.74. The predicted molar refractivity (Wildman–Crippen MR) is 92.7 cm³/mol. The third kappa shape index (κ3) is 7.71. The number of aliphatic imine (C=N–C) groups is 1. The molecular weight excluding hydrogens is 260 g/mol. The SMILES string of the molecule is CC(C)(C)CN=C(NCC(C)(C)CN)Nc1ccccc1. The van der Waals surface area contributed by atoms with E-state index in [1.165, 1.54) is 0 Å². The van der Waals surface area contributed by atoms with Crippen molar-refractivity contribution in [1.82, 2.24) is 5.32 Å². The highest BCUT2D eigenvalue weighted by Crippen LogP contribution is 2.14. The lowest BCUT2D eigenvalue weighted by Crippen LogP contribution is -2.41. The van der Waals surface area contributed by atoms with Gasteiger partial charge in [-0.05, 0) is 29.5 Å². The average molecular weight is 290 g/mol. The van der Waals surface area contributed by atoms with Gasteiger partial charge in [0.15, 0.2) is 5.96 Å². The molecule has 0 aliphatic rings. The topological polar surface area (TPSA) is 62.4 Å². The number of anilines is 1. The lowest BCUT2D eigenvalue weighted by Gasteiger charge is -2.25. The van der Waals surface area contributed by atoms with Gasteiger partial charge in [0.2, 0.25) is 0 Å². The highest BCUT2D eigenvalue weighted by molar-refractivity contribution is 5.93. The monoisotopic (exact) mass is 290 g/mol. The minimum Gasteiger partial charge on any atom is -0.356 e. The normalized spacial score (nSPS) is 13.1. The van der Waals surface area contributed by atoms with Crippen molar-refractivity contribution in [2.75, 3.05) is 25.0 Å². The van der Waals surface area contributed by atoms with Crippen molar-refractivity contribution in [3.05, 3.63) is 30.3 Å². The van der Waals surface area contributed by atoms with Crippen LogP contribution in [0.15, 0.2) is 35.3 Å². The Morgan fingerprint density at radius 3 is 2.24 bits per heavy atom. The first-order valence-electron chi connectivity index (χ1n) is 7.52. The minimum atomic E-state index is 0.0425. The fourth-order valence-corrected chi connectivity index (χ4v) is 1.51. The maximum atomic E-state index is 5.79. The molecule has 4 nitrogen and oxygen atoms in total. The van der Waals surface area contributed by atoms with Crippen LogP contribution in [-0.2, 0) is 0 Å². The van der Waals surface area contributed by atoms with Crippen molar-refractivity contribution in [3.63, 3.8) is 0 Å². The van der Waals surface area contributed by atoms with E-state index in [0.717, 1.165) is 24.7 Å². The first kappa shape index (κ1) is 17.5. The Morgan fingerprint density at radius 1 is 1.10 bits per heavy atom. The van der Waals surface area contributed by atoms with Gasteiger partial charge in [0.25, 0.3) is 0 Å². The fraction of sp³-hybridized carbons (Fsp3) is 0.588. The highest BCUT2D eigenvalue weighted by Gasteiger charge is 2.16. The van der Waals surface area contributed by atoms with E-state index in [4.69, 9.17) is 5.73 Å². The third-order valence-electron chi connectivity index (χ3n) is 3.04. The van der Waals surface area contributed by atoms with E-state index < -0.39 is 0 Å². The van der Waals surface area contributed by atoms with Crippen molar-refractivity contribution >= 4 is 11.6 Å². The largest absolute Gasteiger partial charge is 0.356 e.